The van der Waals surface area contributed by atoms with Crippen LogP contribution in [0.5, 0.6) is 0 Å². The zero-order chi connectivity index (χ0) is 20.1. The minimum absolute atomic E-state index is 0.0239. The number of nitro groups is 1. The fourth-order valence-corrected chi connectivity index (χ4v) is 2.85. The van der Waals surface area contributed by atoms with E-state index in [1.54, 1.807) is 20.8 Å². The molecule has 2 aromatic heterocycles. The van der Waals surface area contributed by atoms with Crippen LogP contribution in [-0.4, -0.2) is 32.0 Å². The van der Waals surface area contributed by atoms with Gasteiger partial charge in [0.05, 0.1) is 0 Å². The number of imidazole rings is 1. The summed E-state index contributed by atoms with van der Waals surface area (Å²) in [5, 5.41) is 20.0. The van der Waals surface area contributed by atoms with E-state index < -0.39 is 16.5 Å². The van der Waals surface area contributed by atoms with Crippen molar-refractivity contribution in [2.75, 3.05) is 6.61 Å². The molecule has 0 aliphatic heterocycles. The number of pyridine rings is 1. The van der Waals surface area contributed by atoms with Crippen molar-refractivity contribution in [2.45, 2.75) is 40.2 Å². The molecule has 0 fully saturated rings. The number of aryl methyl sites for hydroxylation is 2. The Balaban J connectivity index is 1.95. The number of hydrogen-bond acceptors (Lipinski definition) is 7. The van der Waals surface area contributed by atoms with Gasteiger partial charge in [-0.3, -0.25) is 9.59 Å². The Kier molecular flexibility index (Phi) is 6.07. The fraction of sp³-hybridized carbons (Fsp3) is 0.412. The van der Waals surface area contributed by atoms with Crippen LogP contribution in [0.15, 0.2) is 11.0 Å². The molecule has 0 spiro atoms. The Morgan fingerprint density at radius 2 is 2.15 bits per heavy atom. The summed E-state index contributed by atoms with van der Waals surface area (Å²) in [6.45, 7) is 5.11. The molecule has 2 rings (SSSR count). The van der Waals surface area contributed by atoms with Gasteiger partial charge >= 0.3 is 11.8 Å². The van der Waals surface area contributed by atoms with Crippen LogP contribution in [0.25, 0.3) is 0 Å². The SMILES string of the molecule is Cc1[nH]c(=O)c(C#N)c(C)c1CCC(=O)OCCn1c([N+](=O)[O-])cnc1C. The first-order chi connectivity index (χ1) is 12.8. The van der Waals surface area contributed by atoms with Crippen molar-refractivity contribution in [3.63, 3.8) is 0 Å². The number of rotatable bonds is 7. The third-order valence-electron chi connectivity index (χ3n) is 4.30. The van der Waals surface area contributed by atoms with Gasteiger partial charge in [-0.1, -0.05) is 0 Å². The number of carbonyl (C=O) groups is 1. The second kappa shape index (κ2) is 8.27. The van der Waals surface area contributed by atoms with E-state index in [0.29, 0.717) is 23.5 Å². The highest BCUT2D eigenvalue weighted by atomic mass is 16.6. The number of aromatic amines is 1. The quantitative estimate of drug-likeness (QED) is 0.439. The van der Waals surface area contributed by atoms with Crippen LogP contribution in [0.1, 0.15) is 34.6 Å². The van der Waals surface area contributed by atoms with Gasteiger partial charge in [0.25, 0.3) is 5.56 Å². The number of nitrogens with zero attached hydrogens (tertiary/aromatic N) is 4. The molecule has 0 saturated heterocycles. The van der Waals surface area contributed by atoms with Gasteiger partial charge in [-0.25, -0.2) is 9.55 Å². The van der Waals surface area contributed by atoms with Crippen LogP contribution in [0, 0.1) is 42.2 Å². The smallest absolute Gasteiger partial charge is 0.342 e. The van der Waals surface area contributed by atoms with E-state index in [9.17, 15) is 19.7 Å². The lowest BCUT2D eigenvalue weighted by Gasteiger charge is -2.10. The molecule has 0 aliphatic carbocycles. The molecule has 142 valence electrons. The molecular formula is C17H19N5O5. The van der Waals surface area contributed by atoms with E-state index in [2.05, 4.69) is 9.97 Å². The third kappa shape index (κ3) is 4.38. The summed E-state index contributed by atoms with van der Waals surface area (Å²) in [4.78, 5) is 40.5. The van der Waals surface area contributed by atoms with Gasteiger partial charge in [0.1, 0.15) is 31.0 Å². The Morgan fingerprint density at radius 1 is 1.44 bits per heavy atom. The predicted molar refractivity (Wildman–Crippen MR) is 94.2 cm³/mol. The largest absolute Gasteiger partial charge is 0.461 e. The maximum atomic E-state index is 12.0. The molecular weight excluding hydrogens is 354 g/mol. The molecule has 0 unspecified atom stereocenters. The maximum absolute atomic E-state index is 12.0. The molecule has 2 aromatic rings. The molecule has 10 nitrogen and oxygen atoms in total. The lowest BCUT2D eigenvalue weighted by Crippen LogP contribution is -2.18. The van der Waals surface area contributed by atoms with Crippen LogP contribution < -0.4 is 5.56 Å². The molecule has 0 atom stereocenters. The van der Waals surface area contributed by atoms with Crippen LogP contribution in [0.2, 0.25) is 0 Å². The van der Waals surface area contributed by atoms with Crippen molar-refractivity contribution in [2.24, 2.45) is 0 Å². The van der Waals surface area contributed by atoms with Gasteiger partial charge < -0.3 is 19.8 Å². The van der Waals surface area contributed by atoms with Crippen molar-refractivity contribution in [1.29, 1.82) is 5.26 Å². The third-order valence-corrected chi connectivity index (χ3v) is 4.30. The highest BCUT2D eigenvalue weighted by Crippen LogP contribution is 2.16. The molecule has 0 amide bonds. The lowest BCUT2D eigenvalue weighted by atomic mass is 9.99. The van der Waals surface area contributed by atoms with Gasteiger partial charge in [0.15, 0.2) is 5.82 Å². The topological polar surface area (TPSA) is 144 Å². The molecule has 1 N–H and O–H groups in total. The van der Waals surface area contributed by atoms with Crippen molar-refractivity contribution in [3.8, 4) is 6.07 Å². The van der Waals surface area contributed by atoms with E-state index >= 15 is 0 Å². The number of nitriles is 1. The zero-order valence-corrected chi connectivity index (χ0v) is 15.2. The first kappa shape index (κ1) is 19.8. The van der Waals surface area contributed by atoms with Gasteiger partial charge in [-0.05, 0) is 36.3 Å². The number of aromatic nitrogens is 3. The van der Waals surface area contributed by atoms with Crippen LogP contribution in [0.4, 0.5) is 5.82 Å². The Hall–Kier alpha value is -3.48. The average molecular weight is 373 g/mol. The van der Waals surface area contributed by atoms with Gasteiger partial charge in [0, 0.05) is 19.0 Å². The zero-order valence-electron chi connectivity index (χ0n) is 15.2. The number of H-pyrrole nitrogens is 1. The van der Waals surface area contributed by atoms with E-state index in [-0.39, 0.29) is 31.0 Å². The standard InChI is InChI=1S/C17H19N5O5/c1-10-13(11(2)20-17(24)14(10)8-18)4-5-16(23)27-7-6-21-12(3)19-9-15(21)22(25)26/h9H,4-7H2,1-3H3,(H,20,24). The van der Waals surface area contributed by atoms with Crippen LogP contribution in [-0.2, 0) is 22.5 Å². The van der Waals surface area contributed by atoms with E-state index in [0.717, 1.165) is 11.8 Å². The van der Waals surface area contributed by atoms with Gasteiger partial charge in [-0.2, -0.15) is 5.26 Å². The number of esters is 1. The van der Waals surface area contributed by atoms with E-state index in [1.807, 2.05) is 6.07 Å². The normalized spacial score (nSPS) is 10.4. The highest BCUT2D eigenvalue weighted by Gasteiger charge is 2.18. The summed E-state index contributed by atoms with van der Waals surface area (Å²) < 4.78 is 6.50. The van der Waals surface area contributed by atoms with Crippen molar-refractivity contribution >= 4 is 11.8 Å². The van der Waals surface area contributed by atoms with Crippen LogP contribution in [0.3, 0.4) is 0 Å². The minimum atomic E-state index is -0.545. The number of carbonyl (C=O) groups excluding carboxylic acids is 1. The first-order valence-electron chi connectivity index (χ1n) is 8.20. The molecule has 0 aromatic carbocycles. The molecule has 27 heavy (non-hydrogen) atoms. The summed E-state index contributed by atoms with van der Waals surface area (Å²) in [6, 6.07) is 1.86. The second-order valence-electron chi connectivity index (χ2n) is 5.96. The number of hydrogen-bond donors (Lipinski definition) is 1. The van der Waals surface area contributed by atoms with Crippen LogP contribution >= 0.6 is 0 Å². The Labute approximate surface area is 154 Å². The molecule has 10 heteroatoms. The highest BCUT2D eigenvalue weighted by molar-refractivity contribution is 5.69. The molecule has 0 saturated carbocycles. The van der Waals surface area contributed by atoms with Crippen molar-refractivity contribution in [1.82, 2.24) is 14.5 Å². The summed E-state index contributed by atoms with van der Waals surface area (Å²) in [7, 11) is 0. The Bertz CT molecular complexity index is 983. The molecule has 2 heterocycles. The monoisotopic (exact) mass is 373 g/mol. The van der Waals surface area contributed by atoms with Gasteiger partial charge in [-0.15, -0.1) is 0 Å². The minimum Gasteiger partial charge on any atom is -0.461 e. The number of nitrogens with one attached hydrogen (secondary N) is 1. The van der Waals surface area contributed by atoms with Crippen molar-refractivity contribution < 1.29 is 14.5 Å². The second-order valence-corrected chi connectivity index (χ2v) is 5.96. The summed E-state index contributed by atoms with van der Waals surface area (Å²) in [5.74, 6) is -0.174. The molecule has 0 radical (unpaired) electrons. The average Bonchev–Trinajstić information content (AvgIpc) is 2.96. The molecule has 0 bridgehead atoms. The van der Waals surface area contributed by atoms with Gasteiger partial charge in [0.2, 0.25) is 0 Å². The van der Waals surface area contributed by atoms with Crippen molar-refractivity contribution in [3.05, 3.63) is 54.9 Å². The summed E-state index contributed by atoms with van der Waals surface area (Å²) >= 11 is 0. The first-order valence-corrected chi connectivity index (χ1v) is 8.20. The number of ether oxygens (including phenoxy) is 1. The maximum Gasteiger partial charge on any atom is 0.342 e. The summed E-state index contributed by atoms with van der Waals surface area (Å²) in [5.41, 5.74) is 1.47. The van der Waals surface area contributed by atoms with E-state index in [4.69, 9.17) is 10.00 Å². The van der Waals surface area contributed by atoms with E-state index in [1.165, 1.54) is 4.57 Å². The molecule has 0 aliphatic rings. The predicted octanol–water partition coefficient (Wildman–Crippen LogP) is 1.45. The lowest BCUT2D eigenvalue weighted by molar-refractivity contribution is -0.392. The Morgan fingerprint density at radius 3 is 2.78 bits per heavy atom. The summed E-state index contributed by atoms with van der Waals surface area (Å²) in [6.07, 6.45) is 1.53. The fourth-order valence-electron chi connectivity index (χ4n) is 2.85.